The smallest absolute Gasteiger partial charge is 0.407 e. The van der Waals surface area contributed by atoms with E-state index in [-0.39, 0.29) is 12.2 Å². The van der Waals surface area contributed by atoms with Gasteiger partial charge in [0.25, 0.3) is 0 Å². The molecule has 1 aromatic carbocycles. The molecule has 3 nitrogen and oxygen atoms in total. The van der Waals surface area contributed by atoms with Crippen LogP contribution in [0.3, 0.4) is 0 Å². The van der Waals surface area contributed by atoms with Crippen LogP contribution in [-0.4, -0.2) is 12.2 Å². The summed E-state index contributed by atoms with van der Waals surface area (Å²) in [5, 5.41) is 2.73. The van der Waals surface area contributed by atoms with Gasteiger partial charge in [-0.05, 0) is 38.8 Å². The topological polar surface area (TPSA) is 38.3 Å². The van der Waals surface area contributed by atoms with Gasteiger partial charge in [0.15, 0.2) is 0 Å². The maximum absolute atomic E-state index is 11.3. The molecule has 0 aromatic heterocycles. The van der Waals surface area contributed by atoms with Crippen molar-refractivity contribution >= 4 is 6.09 Å². The van der Waals surface area contributed by atoms with E-state index in [2.05, 4.69) is 18.3 Å². The minimum absolute atomic E-state index is 0.0842. The van der Waals surface area contributed by atoms with Gasteiger partial charge in [0.2, 0.25) is 0 Å². The molecule has 0 aliphatic carbocycles. The largest absolute Gasteiger partial charge is 0.447 e. The normalized spacial score (nSPS) is 10.3. The van der Waals surface area contributed by atoms with Crippen LogP contribution in [-0.2, 0) is 11.3 Å². The van der Waals surface area contributed by atoms with Crippen LogP contribution >= 0.6 is 0 Å². The summed E-state index contributed by atoms with van der Waals surface area (Å²) in [6.07, 6.45) is -0.450. The lowest BCUT2D eigenvalue weighted by Crippen LogP contribution is -2.26. The monoisotopic (exact) mass is 221 g/mol. The minimum Gasteiger partial charge on any atom is -0.447 e. The highest BCUT2D eigenvalue weighted by atomic mass is 16.6. The number of amides is 1. The van der Waals surface area contributed by atoms with Gasteiger partial charge in [0.05, 0.1) is 6.10 Å². The fraction of sp³-hybridized carbons (Fsp3) is 0.462. The van der Waals surface area contributed by atoms with Gasteiger partial charge < -0.3 is 10.1 Å². The molecule has 0 fully saturated rings. The first-order valence-electron chi connectivity index (χ1n) is 5.49. The van der Waals surface area contributed by atoms with Crippen molar-refractivity contribution in [3.63, 3.8) is 0 Å². The van der Waals surface area contributed by atoms with Crippen molar-refractivity contribution in [1.82, 2.24) is 5.32 Å². The Morgan fingerprint density at radius 1 is 1.38 bits per heavy atom. The van der Waals surface area contributed by atoms with E-state index in [0.29, 0.717) is 6.54 Å². The molecule has 16 heavy (non-hydrogen) atoms. The molecular weight excluding hydrogens is 202 g/mol. The summed E-state index contributed by atoms with van der Waals surface area (Å²) in [5.74, 6) is 0. The van der Waals surface area contributed by atoms with Crippen LogP contribution in [0.25, 0.3) is 0 Å². The number of hydrogen-bond acceptors (Lipinski definition) is 2. The summed E-state index contributed by atoms with van der Waals surface area (Å²) in [5.41, 5.74) is 3.53. The van der Waals surface area contributed by atoms with Crippen LogP contribution in [0.2, 0.25) is 0 Å². The van der Waals surface area contributed by atoms with Gasteiger partial charge >= 0.3 is 6.09 Å². The number of rotatable bonds is 3. The first-order chi connectivity index (χ1) is 7.49. The molecule has 0 radical (unpaired) electrons. The SMILES string of the molecule is Cc1ccc(CNC(=O)OC(C)C)c(C)c1. The fourth-order valence-corrected chi connectivity index (χ4v) is 1.47. The van der Waals surface area contributed by atoms with E-state index >= 15 is 0 Å². The summed E-state index contributed by atoms with van der Waals surface area (Å²) in [4.78, 5) is 11.3. The molecule has 88 valence electrons. The number of carbonyl (C=O) groups excluding carboxylic acids is 1. The van der Waals surface area contributed by atoms with Crippen molar-refractivity contribution in [2.45, 2.75) is 40.3 Å². The molecule has 3 heteroatoms. The van der Waals surface area contributed by atoms with Crippen molar-refractivity contribution < 1.29 is 9.53 Å². The quantitative estimate of drug-likeness (QED) is 0.852. The molecule has 1 amide bonds. The van der Waals surface area contributed by atoms with E-state index in [4.69, 9.17) is 4.74 Å². The second kappa shape index (κ2) is 5.54. The lowest BCUT2D eigenvalue weighted by atomic mass is 10.1. The third-order valence-electron chi connectivity index (χ3n) is 2.26. The van der Waals surface area contributed by atoms with Crippen molar-refractivity contribution in [3.05, 3.63) is 34.9 Å². The molecule has 0 bridgehead atoms. The fourth-order valence-electron chi connectivity index (χ4n) is 1.47. The molecule has 0 unspecified atom stereocenters. The van der Waals surface area contributed by atoms with Crippen molar-refractivity contribution in [3.8, 4) is 0 Å². The Morgan fingerprint density at radius 2 is 2.06 bits per heavy atom. The standard InChI is InChI=1S/C13H19NO2/c1-9(2)16-13(15)14-8-12-6-5-10(3)7-11(12)4/h5-7,9H,8H2,1-4H3,(H,14,15). The summed E-state index contributed by atoms with van der Waals surface area (Å²) in [6.45, 7) is 8.26. The van der Waals surface area contributed by atoms with Gasteiger partial charge in [-0.3, -0.25) is 0 Å². The van der Waals surface area contributed by atoms with Crippen molar-refractivity contribution in [1.29, 1.82) is 0 Å². The molecular formula is C13H19NO2. The Balaban J connectivity index is 2.51. The number of alkyl carbamates (subject to hydrolysis) is 1. The Kier molecular flexibility index (Phi) is 4.35. The molecule has 1 aromatic rings. The molecule has 0 aliphatic rings. The van der Waals surface area contributed by atoms with Gasteiger partial charge in [0, 0.05) is 6.54 Å². The highest BCUT2D eigenvalue weighted by molar-refractivity contribution is 5.67. The van der Waals surface area contributed by atoms with Gasteiger partial charge in [-0.1, -0.05) is 23.8 Å². The van der Waals surface area contributed by atoms with Gasteiger partial charge in [-0.2, -0.15) is 0 Å². The van der Waals surface area contributed by atoms with Crippen LogP contribution < -0.4 is 5.32 Å². The summed E-state index contributed by atoms with van der Waals surface area (Å²) >= 11 is 0. The highest BCUT2D eigenvalue weighted by Crippen LogP contribution is 2.10. The molecule has 1 N–H and O–H groups in total. The Bertz CT molecular complexity index is 372. The number of hydrogen-bond donors (Lipinski definition) is 1. The van der Waals surface area contributed by atoms with Crippen molar-refractivity contribution in [2.24, 2.45) is 0 Å². The zero-order valence-electron chi connectivity index (χ0n) is 10.3. The van der Waals surface area contributed by atoms with Crippen LogP contribution in [0.15, 0.2) is 18.2 Å². The lowest BCUT2D eigenvalue weighted by molar-refractivity contribution is 0.115. The summed E-state index contributed by atoms with van der Waals surface area (Å²) < 4.78 is 4.99. The average molecular weight is 221 g/mol. The van der Waals surface area contributed by atoms with Crippen LogP contribution in [0.1, 0.15) is 30.5 Å². The minimum atomic E-state index is -0.366. The molecule has 0 aliphatic heterocycles. The Labute approximate surface area is 96.8 Å². The second-order valence-corrected chi connectivity index (χ2v) is 4.24. The number of carbonyl (C=O) groups is 1. The molecule has 1 rings (SSSR count). The predicted octanol–water partition coefficient (Wildman–Crippen LogP) is 2.94. The van der Waals surface area contributed by atoms with Gasteiger partial charge in [0.1, 0.15) is 0 Å². The summed E-state index contributed by atoms with van der Waals surface area (Å²) in [7, 11) is 0. The third kappa shape index (κ3) is 3.93. The number of benzene rings is 1. The maximum Gasteiger partial charge on any atom is 0.407 e. The number of aryl methyl sites for hydroxylation is 2. The zero-order valence-corrected chi connectivity index (χ0v) is 10.3. The van der Waals surface area contributed by atoms with E-state index in [0.717, 1.165) is 5.56 Å². The first-order valence-corrected chi connectivity index (χ1v) is 5.49. The maximum atomic E-state index is 11.3. The average Bonchev–Trinajstić information content (AvgIpc) is 2.15. The van der Waals surface area contributed by atoms with Gasteiger partial charge in [-0.25, -0.2) is 4.79 Å². The highest BCUT2D eigenvalue weighted by Gasteiger charge is 2.05. The number of ether oxygens (including phenoxy) is 1. The van der Waals surface area contributed by atoms with Crippen LogP contribution in [0.4, 0.5) is 4.79 Å². The van der Waals surface area contributed by atoms with E-state index in [1.54, 1.807) is 0 Å². The molecule has 0 heterocycles. The predicted molar refractivity (Wildman–Crippen MR) is 64.4 cm³/mol. The lowest BCUT2D eigenvalue weighted by Gasteiger charge is -2.11. The van der Waals surface area contributed by atoms with Gasteiger partial charge in [-0.15, -0.1) is 0 Å². The third-order valence-corrected chi connectivity index (χ3v) is 2.26. The Hall–Kier alpha value is -1.51. The number of nitrogens with one attached hydrogen (secondary N) is 1. The summed E-state index contributed by atoms with van der Waals surface area (Å²) in [6, 6.07) is 6.17. The zero-order chi connectivity index (χ0) is 12.1. The van der Waals surface area contributed by atoms with E-state index < -0.39 is 0 Å². The molecule has 0 saturated heterocycles. The molecule has 0 spiro atoms. The second-order valence-electron chi connectivity index (χ2n) is 4.24. The van der Waals surface area contributed by atoms with E-state index in [9.17, 15) is 4.79 Å². The molecule has 0 saturated carbocycles. The van der Waals surface area contributed by atoms with Crippen LogP contribution in [0, 0.1) is 13.8 Å². The van der Waals surface area contributed by atoms with E-state index in [1.165, 1.54) is 11.1 Å². The van der Waals surface area contributed by atoms with E-state index in [1.807, 2.05) is 32.9 Å². The van der Waals surface area contributed by atoms with Crippen molar-refractivity contribution in [2.75, 3.05) is 0 Å². The Morgan fingerprint density at radius 3 is 2.62 bits per heavy atom. The van der Waals surface area contributed by atoms with Crippen LogP contribution in [0.5, 0.6) is 0 Å². The molecule has 0 atom stereocenters. The first kappa shape index (κ1) is 12.6.